The Morgan fingerprint density at radius 1 is 1.04 bits per heavy atom. The van der Waals surface area contributed by atoms with Crippen LogP contribution in [0.2, 0.25) is 0 Å². The highest BCUT2D eigenvalue weighted by Crippen LogP contribution is 2.19. The minimum Gasteiger partial charge on any atom is -0.360 e. The monoisotopic (exact) mass is 326 g/mol. The van der Waals surface area contributed by atoms with Gasteiger partial charge in [0.25, 0.3) is 5.69 Å². The van der Waals surface area contributed by atoms with E-state index in [1.165, 1.54) is 16.7 Å². The highest BCUT2D eigenvalue weighted by molar-refractivity contribution is 5.51. The highest BCUT2D eigenvalue weighted by Gasteiger charge is 2.21. The van der Waals surface area contributed by atoms with E-state index in [0.717, 1.165) is 38.4 Å². The Hall–Kier alpha value is -2.40. The minimum atomic E-state index is -0.351. The molecule has 3 rings (SSSR count). The van der Waals surface area contributed by atoms with E-state index in [4.69, 9.17) is 0 Å². The van der Waals surface area contributed by atoms with E-state index in [9.17, 15) is 10.1 Å². The first kappa shape index (κ1) is 16.5. The highest BCUT2D eigenvalue weighted by atomic mass is 16.6. The number of benzene rings is 2. The van der Waals surface area contributed by atoms with Crippen molar-refractivity contribution < 1.29 is 9.82 Å². The number of nitro groups is 1. The van der Waals surface area contributed by atoms with Crippen LogP contribution < -0.4 is 9.80 Å². The van der Waals surface area contributed by atoms with Crippen molar-refractivity contribution in [3.05, 3.63) is 69.3 Å². The zero-order chi connectivity index (χ0) is 17.1. The Bertz CT molecular complexity index is 700. The summed E-state index contributed by atoms with van der Waals surface area (Å²) in [6.07, 6.45) is 0. The second-order valence-corrected chi connectivity index (χ2v) is 6.68. The SMILES string of the molecule is Cc1cc(C)cc(C[NH+]2CCN(c3ccc([N+](=O)[O-])cc3)CC2)c1. The summed E-state index contributed by atoms with van der Waals surface area (Å²) < 4.78 is 0. The molecular weight excluding hydrogens is 302 g/mol. The van der Waals surface area contributed by atoms with Gasteiger partial charge in [-0.15, -0.1) is 0 Å². The summed E-state index contributed by atoms with van der Waals surface area (Å²) in [4.78, 5) is 14.3. The Morgan fingerprint density at radius 3 is 2.17 bits per heavy atom. The number of aryl methyl sites for hydroxylation is 2. The van der Waals surface area contributed by atoms with Crippen molar-refractivity contribution in [2.45, 2.75) is 20.4 Å². The van der Waals surface area contributed by atoms with E-state index < -0.39 is 0 Å². The molecule has 1 heterocycles. The van der Waals surface area contributed by atoms with E-state index in [0.29, 0.717) is 0 Å². The smallest absolute Gasteiger partial charge is 0.269 e. The lowest BCUT2D eigenvalue weighted by Gasteiger charge is -2.33. The van der Waals surface area contributed by atoms with Gasteiger partial charge < -0.3 is 9.80 Å². The number of rotatable bonds is 4. The fourth-order valence-electron chi connectivity index (χ4n) is 3.50. The van der Waals surface area contributed by atoms with Gasteiger partial charge in [-0.25, -0.2) is 0 Å². The van der Waals surface area contributed by atoms with Gasteiger partial charge in [0, 0.05) is 23.4 Å². The molecule has 1 aliphatic heterocycles. The molecule has 0 unspecified atom stereocenters. The van der Waals surface area contributed by atoms with Gasteiger partial charge in [-0.2, -0.15) is 0 Å². The number of hydrogen-bond donors (Lipinski definition) is 1. The number of nitrogens with one attached hydrogen (secondary N) is 1. The fourth-order valence-corrected chi connectivity index (χ4v) is 3.50. The molecule has 126 valence electrons. The molecule has 2 aromatic carbocycles. The molecule has 0 atom stereocenters. The van der Waals surface area contributed by atoms with Gasteiger partial charge in [0.1, 0.15) is 6.54 Å². The van der Waals surface area contributed by atoms with Crippen LogP contribution in [0.1, 0.15) is 16.7 Å². The number of hydrogen-bond acceptors (Lipinski definition) is 3. The molecule has 1 aliphatic rings. The molecule has 0 aromatic heterocycles. The molecular formula is C19H24N3O2+. The lowest BCUT2D eigenvalue weighted by atomic mass is 10.1. The average Bonchev–Trinajstić information content (AvgIpc) is 2.55. The van der Waals surface area contributed by atoms with Gasteiger partial charge in [0.15, 0.2) is 0 Å². The van der Waals surface area contributed by atoms with Crippen molar-refractivity contribution in [2.24, 2.45) is 0 Å². The third kappa shape index (κ3) is 3.92. The summed E-state index contributed by atoms with van der Waals surface area (Å²) in [6, 6.07) is 13.7. The van der Waals surface area contributed by atoms with Gasteiger partial charge in [0.05, 0.1) is 31.1 Å². The molecule has 0 saturated carbocycles. The summed E-state index contributed by atoms with van der Waals surface area (Å²) in [5, 5.41) is 10.7. The fraction of sp³-hybridized carbons (Fsp3) is 0.368. The maximum Gasteiger partial charge on any atom is 0.269 e. The predicted octanol–water partition coefficient (Wildman–Crippen LogP) is 2.12. The summed E-state index contributed by atoms with van der Waals surface area (Å²) in [5.74, 6) is 0. The van der Waals surface area contributed by atoms with Crippen LogP contribution in [0.5, 0.6) is 0 Å². The lowest BCUT2D eigenvalue weighted by molar-refractivity contribution is -0.914. The van der Waals surface area contributed by atoms with Crippen molar-refractivity contribution in [1.29, 1.82) is 0 Å². The van der Waals surface area contributed by atoms with Crippen LogP contribution in [0.25, 0.3) is 0 Å². The van der Waals surface area contributed by atoms with Crippen molar-refractivity contribution in [3.8, 4) is 0 Å². The van der Waals surface area contributed by atoms with Crippen LogP contribution in [0.4, 0.5) is 11.4 Å². The molecule has 0 bridgehead atoms. The predicted molar refractivity (Wildman–Crippen MR) is 95.6 cm³/mol. The molecule has 0 spiro atoms. The Morgan fingerprint density at radius 2 is 1.62 bits per heavy atom. The number of quaternary nitrogens is 1. The standard InChI is InChI=1S/C19H23N3O2/c1-15-11-16(2)13-17(12-15)14-20-7-9-21(10-8-20)18-3-5-19(6-4-18)22(23)24/h3-6,11-13H,7-10,14H2,1-2H3/p+1. The number of nitro benzene ring substituents is 1. The second-order valence-electron chi connectivity index (χ2n) is 6.68. The first-order valence-electron chi connectivity index (χ1n) is 8.41. The van der Waals surface area contributed by atoms with E-state index in [1.807, 2.05) is 12.1 Å². The summed E-state index contributed by atoms with van der Waals surface area (Å²) in [7, 11) is 0. The average molecular weight is 326 g/mol. The Kier molecular flexibility index (Phi) is 4.81. The third-order valence-electron chi connectivity index (χ3n) is 4.63. The Labute approximate surface area is 142 Å². The minimum absolute atomic E-state index is 0.151. The van der Waals surface area contributed by atoms with E-state index in [2.05, 4.69) is 36.9 Å². The van der Waals surface area contributed by atoms with E-state index in [1.54, 1.807) is 17.0 Å². The van der Waals surface area contributed by atoms with Crippen LogP contribution in [0.15, 0.2) is 42.5 Å². The first-order valence-corrected chi connectivity index (χ1v) is 8.41. The molecule has 0 aliphatic carbocycles. The summed E-state index contributed by atoms with van der Waals surface area (Å²) in [5.41, 5.74) is 5.29. The topological polar surface area (TPSA) is 50.8 Å². The molecule has 1 fully saturated rings. The lowest BCUT2D eigenvalue weighted by Crippen LogP contribution is -3.13. The number of piperazine rings is 1. The zero-order valence-corrected chi connectivity index (χ0v) is 14.3. The normalized spacial score (nSPS) is 15.5. The molecule has 2 aromatic rings. The zero-order valence-electron chi connectivity index (χ0n) is 14.3. The summed E-state index contributed by atoms with van der Waals surface area (Å²) >= 11 is 0. The van der Waals surface area contributed by atoms with Gasteiger partial charge in [-0.1, -0.05) is 29.3 Å². The van der Waals surface area contributed by atoms with Crippen LogP contribution >= 0.6 is 0 Å². The first-order chi connectivity index (χ1) is 11.5. The Balaban J connectivity index is 1.58. The van der Waals surface area contributed by atoms with Crippen molar-refractivity contribution in [3.63, 3.8) is 0 Å². The van der Waals surface area contributed by atoms with Crippen molar-refractivity contribution in [2.75, 3.05) is 31.1 Å². The largest absolute Gasteiger partial charge is 0.360 e. The summed E-state index contributed by atoms with van der Waals surface area (Å²) in [6.45, 7) is 9.51. The number of non-ortho nitro benzene ring substituents is 1. The number of nitrogens with zero attached hydrogens (tertiary/aromatic N) is 2. The molecule has 1 saturated heterocycles. The molecule has 24 heavy (non-hydrogen) atoms. The molecule has 0 amide bonds. The van der Waals surface area contributed by atoms with E-state index in [-0.39, 0.29) is 10.6 Å². The van der Waals surface area contributed by atoms with Gasteiger partial charge in [0.2, 0.25) is 0 Å². The van der Waals surface area contributed by atoms with Gasteiger partial charge >= 0.3 is 0 Å². The van der Waals surface area contributed by atoms with Gasteiger partial charge in [-0.05, 0) is 26.0 Å². The van der Waals surface area contributed by atoms with Crippen LogP contribution in [0, 0.1) is 24.0 Å². The third-order valence-corrected chi connectivity index (χ3v) is 4.63. The van der Waals surface area contributed by atoms with E-state index >= 15 is 0 Å². The molecule has 1 N–H and O–H groups in total. The molecule has 5 heteroatoms. The second kappa shape index (κ2) is 7.01. The molecule has 0 radical (unpaired) electrons. The maximum absolute atomic E-state index is 10.7. The van der Waals surface area contributed by atoms with Crippen molar-refractivity contribution in [1.82, 2.24) is 0 Å². The van der Waals surface area contributed by atoms with Crippen molar-refractivity contribution >= 4 is 11.4 Å². The molecule has 5 nitrogen and oxygen atoms in total. The quantitative estimate of drug-likeness (QED) is 0.692. The van der Waals surface area contributed by atoms with Crippen LogP contribution in [-0.2, 0) is 6.54 Å². The van der Waals surface area contributed by atoms with Gasteiger partial charge in [-0.3, -0.25) is 10.1 Å². The van der Waals surface area contributed by atoms with Crippen LogP contribution in [0.3, 0.4) is 0 Å². The van der Waals surface area contributed by atoms with Crippen LogP contribution in [-0.4, -0.2) is 31.1 Å². The maximum atomic E-state index is 10.7. The number of anilines is 1.